The highest BCUT2D eigenvalue weighted by Gasteiger charge is 2.48. The summed E-state index contributed by atoms with van der Waals surface area (Å²) in [5.41, 5.74) is 0. The van der Waals surface area contributed by atoms with E-state index in [1.165, 1.54) is 6.92 Å². The van der Waals surface area contributed by atoms with Gasteiger partial charge in [0.1, 0.15) is 24.4 Å². The number of carbonyl (C=O) groups is 1. The van der Waals surface area contributed by atoms with Gasteiger partial charge in [0, 0.05) is 6.92 Å². The highest BCUT2D eigenvalue weighted by atomic mass is 16.7. The van der Waals surface area contributed by atoms with Crippen LogP contribution in [0.15, 0.2) is 0 Å². The normalized spacial score (nSPS) is 39.6. The second-order valence-electron chi connectivity index (χ2n) is 5.64. The molecule has 7 nitrogen and oxygen atoms in total. The van der Waals surface area contributed by atoms with Crippen LogP contribution in [-0.2, 0) is 19.0 Å². The van der Waals surface area contributed by atoms with Crippen molar-refractivity contribution in [2.45, 2.75) is 76.5 Å². The number of unbranched alkanes of at least 4 members (excludes halogenated alkanes) is 2. The Morgan fingerprint density at radius 3 is 2.71 bits per heavy atom. The minimum absolute atomic E-state index is 0.266. The molecule has 3 N–H and O–H groups in total. The Kier molecular flexibility index (Phi) is 5.95. The van der Waals surface area contributed by atoms with Crippen molar-refractivity contribution in [3.63, 3.8) is 0 Å². The van der Waals surface area contributed by atoms with Crippen LogP contribution in [-0.4, -0.2) is 59.7 Å². The molecule has 0 bridgehead atoms. The van der Waals surface area contributed by atoms with Crippen molar-refractivity contribution in [3.05, 3.63) is 0 Å². The Labute approximate surface area is 124 Å². The van der Waals surface area contributed by atoms with Crippen molar-refractivity contribution in [1.82, 2.24) is 5.32 Å². The van der Waals surface area contributed by atoms with E-state index in [0.717, 1.165) is 25.7 Å². The SMILES string of the molecule is CCCCCC1OC[C@H]2O[C@H](O)[C@H](NC(C)=O)[C@@H](O)[C@@H]2O1. The van der Waals surface area contributed by atoms with Crippen molar-refractivity contribution in [2.24, 2.45) is 0 Å². The number of aliphatic hydroxyl groups is 2. The molecular formula is C14H25NO6. The van der Waals surface area contributed by atoms with Gasteiger partial charge in [0.15, 0.2) is 12.6 Å². The van der Waals surface area contributed by atoms with Crippen LogP contribution < -0.4 is 5.32 Å². The molecule has 2 aliphatic rings. The Morgan fingerprint density at radius 2 is 2.05 bits per heavy atom. The fourth-order valence-electron chi connectivity index (χ4n) is 2.76. The maximum atomic E-state index is 11.1. The molecule has 0 aromatic rings. The van der Waals surface area contributed by atoms with Gasteiger partial charge in [-0.05, 0) is 12.8 Å². The molecule has 0 saturated carbocycles. The molecule has 2 aliphatic heterocycles. The van der Waals surface area contributed by atoms with Crippen LogP contribution in [0.5, 0.6) is 0 Å². The van der Waals surface area contributed by atoms with Crippen LogP contribution >= 0.6 is 0 Å². The van der Waals surface area contributed by atoms with Gasteiger partial charge >= 0.3 is 0 Å². The quantitative estimate of drug-likeness (QED) is 0.613. The van der Waals surface area contributed by atoms with Gasteiger partial charge in [-0.1, -0.05) is 19.8 Å². The van der Waals surface area contributed by atoms with Crippen molar-refractivity contribution in [3.8, 4) is 0 Å². The fourth-order valence-corrected chi connectivity index (χ4v) is 2.76. The van der Waals surface area contributed by atoms with E-state index in [4.69, 9.17) is 14.2 Å². The fraction of sp³-hybridized carbons (Fsp3) is 0.929. The lowest BCUT2D eigenvalue weighted by atomic mass is 9.96. The molecule has 0 aromatic heterocycles. The lowest BCUT2D eigenvalue weighted by molar-refractivity contribution is -0.335. The summed E-state index contributed by atoms with van der Waals surface area (Å²) in [6.07, 6.45) is 0.168. The molecular weight excluding hydrogens is 278 g/mol. The molecule has 21 heavy (non-hydrogen) atoms. The zero-order valence-corrected chi connectivity index (χ0v) is 12.5. The molecule has 0 aliphatic carbocycles. The zero-order valence-electron chi connectivity index (χ0n) is 12.5. The number of hydrogen-bond donors (Lipinski definition) is 3. The molecule has 122 valence electrons. The first kappa shape index (κ1) is 16.6. The van der Waals surface area contributed by atoms with Gasteiger partial charge in [-0.3, -0.25) is 4.79 Å². The largest absolute Gasteiger partial charge is 0.388 e. The third-order valence-electron chi connectivity index (χ3n) is 3.86. The van der Waals surface area contributed by atoms with Crippen molar-refractivity contribution in [2.75, 3.05) is 6.61 Å². The highest BCUT2D eigenvalue weighted by Crippen LogP contribution is 2.29. The van der Waals surface area contributed by atoms with Crippen LogP contribution in [0.2, 0.25) is 0 Å². The third-order valence-corrected chi connectivity index (χ3v) is 3.86. The maximum Gasteiger partial charge on any atom is 0.217 e. The minimum Gasteiger partial charge on any atom is -0.388 e. The lowest BCUT2D eigenvalue weighted by Gasteiger charge is -2.46. The van der Waals surface area contributed by atoms with E-state index in [9.17, 15) is 15.0 Å². The van der Waals surface area contributed by atoms with Crippen LogP contribution in [0.4, 0.5) is 0 Å². The van der Waals surface area contributed by atoms with E-state index < -0.39 is 30.6 Å². The smallest absolute Gasteiger partial charge is 0.217 e. The van der Waals surface area contributed by atoms with Crippen molar-refractivity contribution >= 4 is 5.91 Å². The topological polar surface area (TPSA) is 97.2 Å². The average Bonchev–Trinajstić information content (AvgIpc) is 2.44. The summed E-state index contributed by atoms with van der Waals surface area (Å²) in [7, 11) is 0. The number of nitrogens with one attached hydrogen (secondary N) is 1. The van der Waals surface area contributed by atoms with E-state index in [2.05, 4.69) is 12.2 Å². The number of amides is 1. The minimum atomic E-state index is -1.27. The Hall–Kier alpha value is -0.730. The molecule has 7 heteroatoms. The summed E-state index contributed by atoms with van der Waals surface area (Å²) >= 11 is 0. The number of fused-ring (bicyclic) bond motifs is 1. The van der Waals surface area contributed by atoms with E-state index in [1.807, 2.05) is 0 Å². The summed E-state index contributed by atoms with van der Waals surface area (Å²) in [5, 5.41) is 22.7. The van der Waals surface area contributed by atoms with Gasteiger partial charge in [0.05, 0.1) is 6.61 Å². The molecule has 2 heterocycles. The summed E-state index contributed by atoms with van der Waals surface area (Å²) in [6.45, 7) is 3.71. The van der Waals surface area contributed by atoms with E-state index in [-0.39, 0.29) is 18.8 Å². The molecule has 1 unspecified atom stereocenters. The summed E-state index contributed by atoms with van der Waals surface area (Å²) in [4.78, 5) is 11.1. The van der Waals surface area contributed by atoms with E-state index in [0.29, 0.717) is 0 Å². The molecule has 2 fully saturated rings. The first-order valence-electron chi connectivity index (χ1n) is 7.58. The Balaban J connectivity index is 1.94. The van der Waals surface area contributed by atoms with E-state index in [1.54, 1.807) is 0 Å². The Bertz CT molecular complexity index is 352. The van der Waals surface area contributed by atoms with Gasteiger partial charge < -0.3 is 29.7 Å². The molecule has 0 radical (unpaired) electrons. The van der Waals surface area contributed by atoms with Gasteiger partial charge in [0.25, 0.3) is 0 Å². The van der Waals surface area contributed by atoms with Crippen molar-refractivity contribution < 1.29 is 29.2 Å². The van der Waals surface area contributed by atoms with Crippen LogP contribution in [0, 0.1) is 0 Å². The van der Waals surface area contributed by atoms with Gasteiger partial charge in [0.2, 0.25) is 5.91 Å². The zero-order chi connectivity index (χ0) is 15.4. The number of rotatable bonds is 5. The first-order valence-corrected chi connectivity index (χ1v) is 7.58. The van der Waals surface area contributed by atoms with Crippen LogP contribution in [0.25, 0.3) is 0 Å². The van der Waals surface area contributed by atoms with E-state index >= 15 is 0 Å². The monoisotopic (exact) mass is 303 g/mol. The van der Waals surface area contributed by atoms with Crippen LogP contribution in [0.3, 0.4) is 0 Å². The predicted molar refractivity (Wildman–Crippen MR) is 73.2 cm³/mol. The van der Waals surface area contributed by atoms with Gasteiger partial charge in [-0.25, -0.2) is 0 Å². The number of carbonyl (C=O) groups excluding carboxylic acids is 1. The average molecular weight is 303 g/mol. The molecule has 2 saturated heterocycles. The molecule has 2 rings (SSSR count). The molecule has 6 atom stereocenters. The predicted octanol–water partition coefficient (Wildman–Crippen LogP) is -0.109. The first-order chi connectivity index (χ1) is 10.0. The molecule has 1 amide bonds. The number of ether oxygens (including phenoxy) is 3. The van der Waals surface area contributed by atoms with Crippen LogP contribution in [0.1, 0.15) is 39.5 Å². The van der Waals surface area contributed by atoms with Gasteiger partial charge in [-0.15, -0.1) is 0 Å². The number of hydrogen-bond acceptors (Lipinski definition) is 6. The maximum absolute atomic E-state index is 11.1. The molecule has 0 aromatic carbocycles. The molecule has 0 spiro atoms. The second-order valence-corrected chi connectivity index (χ2v) is 5.64. The van der Waals surface area contributed by atoms with Crippen molar-refractivity contribution in [1.29, 1.82) is 0 Å². The standard InChI is InChI=1S/C14H25NO6/c1-3-4-5-6-10-19-7-9-13(21-10)12(17)11(14(18)20-9)15-8(2)16/h9-14,17-18H,3-7H2,1-2H3,(H,15,16)/t9-,10?,11-,12-,13-,14+/m1/s1. The van der Waals surface area contributed by atoms with Gasteiger partial charge in [-0.2, -0.15) is 0 Å². The summed E-state index contributed by atoms with van der Waals surface area (Å²) < 4.78 is 16.7. The number of aliphatic hydroxyl groups excluding tert-OH is 2. The summed E-state index contributed by atoms with van der Waals surface area (Å²) in [6, 6.07) is -0.891. The lowest BCUT2D eigenvalue weighted by Crippen LogP contribution is -2.66. The third kappa shape index (κ3) is 4.14. The highest BCUT2D eigenvalue weighted by molar-refractivity contribution is 5.73. The Morgan fingerprint density at radius 1 is 1.29 bits per heavy atom. The second kappa shape index (κ2) is 7.51. The summed E-state index contributed by atoms with van der Waals surface area (Å²) in [5.74, 6) is -0.341.